The van der Waals surface area contributed by atoms with Crippen molar-refractivity contribution < 1.29 is 14.2 Å². The Morgan fingerprint density at radius 2 is 1.55 bits per heavy atom. The van der Waals surface area contributed by atoms with Crippen molar-refractivity contribution in [3.63, 3.8) is 0 Å². The third-order valence-electron chi connectivity index (χ3n) is 4.44. The highest BCUT2D eigenvalue weighted by Crippen LogP contribution is 2.38. The quantitative estimate of drug-likeness (QED) is 0.272. The number of ether oxygens (including phenoxy) is 3. The van der Waals surface area contributed by atoms with Crippen LogP contribution in [0.2, 0.25) is 0 Å². The first kappa shape index (κ1) is 26.8. The number of guanidine groups is 1. The zero-order valence-electron chi connectivity index (χ0n) is 19.3. The van der Waals surface area contributed by atoms with Gasteiger partial charge in [-0.05, 0) is 49.8 Å². The van der Waals surface area contributed by atoms with E-state index < -0.39 is 0 Å². The van der Waals surface area contributed by atoms with Gasteiger partial charge in [-0.1, -0.05) is 24.3 Å². The van der Waals surface area contributed by atoms with Crippen molar-refractivity contribution in [3.05, 3.63) is 53.1 Å². The summed E-state index contributed by atoms with van der Waals surface area (Å²) in [5.74, 6) is 2.58. The van der Waals surface area contributed by atoms with Crippen molar-refractivity contribution in [1.82, 2.24) is 15.5 Å². The van der Waals surface area contributed by atoms with E-state index in [0.29, 0.717) is 30.3 Å². The fourth-order valence-electron chi connectivity index (χ4n) is 3.13. The van der Waals surface area contributed by atoms with Gasteiger partial charge in [0, 0.05) is 19.6 Å². The summed E-state index contributed by atoms with van der Waals surface area (Å²) in [5.41, 5.74) is 3.47. The van der Waals surface area contributed by atoms with Crippen LogP contribution in [0.3, 0.4) is 0 Å². The summed E-state index contributed by atoms with van der Waals surface area (Å²) in [6.45, 7) is 4.92. The lowest BCUT2D eigenvalue weighted by Gasteiger charge is -2.15. The van der Waals surface area contributed by atoms with Crippen LogP contribution in [-0.4, -0.2) is 52.8 Å². The zero-order valence-corrected chi connectivity index (χ0v) is 21.7. The molecule has 0 aromatic heterocycles. The van der Waals surface area contributed by atoms with Crippen LogP contribution in [0.5, 0.6) is 17.2 Å². The number of aliphatic imine (C=N–C) groups is 1. The van der Waals surface area contributed by atoms with Crippen LogP contribution in [0, 0.1) is 0 Å². The molecule has 0 radical (unpaired) electrons. The van der Waals surface area contributed by atoms with Gasteiger partial charge in [-0.3, -0.25) is 0 Å². The fourth-order valence-corrected chi connectivity index (χ4v) is 3.13. The number of halogens is 1. The molecule has 0 saturated carbocycles. The SMILES string of the molecule is CCNC(=NCc1cc(OC)c(OC)c(OC)c1)NCc1cccc(CN(C)C)c1.I. The van der Waals surface area contributed by atoms with E-state index >= 15 is 0 Å². The molecule has 2 aromatic carbocycles. The maximum Gasteiger partial charge on any atom is 0.203 e. The Bertz CT molecular complexity index is 818. The van der Waals surface area contributed by atoms with E-state index in [0.717, 1.165) is 24.6 Å². The summed E-state index contributed by atoms with van der Waals surface area (Å²) < 4.78 is 16.2. The first-order valence-electron chi connectivity index (χ1n) is 10.0. The topological polar surface area (TPSA) is 67.4 Å². The number of benzene rings is 2. The molecule has 7 nitrogen and oxygen atoms in total. The summed E-state index contributed by atoms with van der Waals surface area (Å²) in [7, 11) is 8.97. The van der Waals surface area contributed by atoms with Crippen molar-refractivity contribution in [2.45, 2.75) is 26.6 Å². The summed E-state index contributed by atoms with van der Waals surface area (Å²) in [4.78, 5) is 6.87. The molecule has 0 unspecified atom stereocenters. The summed E-state index contributed by atoms with van der Waals surface area (Å²) in [6, 6.07) is 12.4. The fraction of sp³-hybridized carbons (Fsp3) is 0.435. The Kier molecular flexibility index (Phi) is 12.1. The van der Waals surface area contributed by atoms with E-state index in [1.54, 1.807) is 21.3 Å². The van der Waals surface area contributed by atoms with Gasteiger partial charge in [0.2, 0.25) is 5.75 Å². The molecule has 0 saturated heterocycles. The molecule has 0 aliphatic rings. The van der Waals surface area contributed by atoms with Crippen LogP contribution >= 0.6 is 24.0 Å². The van der Waals surface area contributed by atoms with Crippen LogP contribution < -0.4 is 24.8 Å². The van der Waals surface area contributed by atoms with Crippen LogP contribution in [0.4, 0.5) is 0 Å². The lowest BCUT2D eigenvalue weighted by molar-refractivity contribution is 0.324. The van der Waals surface area contributed by atoms with Crippen molar-refractivity contribution in [1.29, 1.82) is 0 Å². The van der Waals surface area contributed by atoms with E-state index in [2.05, 4.69) is 53.9 Å². The van der Waals surface area contributed by atoms with E-state index in [-0.39, 0.29) is 24.0 Å². The van der Waals surface area contributed by atoms with Crippen molar-refractivity contribution >= 4 is 29.9 Å². The molecule has 172 valence electrons. The monoisotopic (exact) mass is 542 g/mol. The lowest BCUT2D eigenvalue weighted by atomic mass is 10.1. The standard InChI is InChI=1S/C23H34N4O3.HI/c1-7-24-23(25-14-17-9-8-10-18(11-17)16-27(2)3)26-15-19-12-20(28-4)22(30-6)21(13-19)29-5;/h8-13H,7,14-16H2,1-6H3,(H2,24,25,26);1H. The molecule has 0 bridgehead atoms. The Morgan fingerprint density at radius 3 is 2.10 bits per heavy atom. The number of nitrogens with one attached hydrogen (secondary N) is 2. The molecule has 0 aliphatic heterocycles. The third-order valence-corrected chi connectivity index (χ3v) is 4.44. The molecule has 0 aliphatic carbocycles. The Labute approximate surface area is 203 Å². The number of nitrogens with zero attached hydrogens (tertiary/aromatic N) is 2. The first-order valence-corrected chi connectivity index (χ1v) is 10.0. The van der Waals surface area contributed by atoms with Crippen LogP contribution in [0.15, 0.2) is 41.4 Å². The van der Waals surface area contributed by atoms with Crippen LogP contribution in [-0.2, 0) is 19.6 Å². The molecule has 2 aromatic rings. The van der Waals surface area contributed by atoms with Crippen LogP contribution in [0.1, 0.15) is 23.6 Å². The summed E-state index contributed by atoms with van der Waals surface area (Å²) in [6.07, 6.45) is 0. The third kappa shape index (κ3) is 8.45. The Hall–Kier alpha value is -2.20. The molecule has 2 N–H and O–H groups in total. The molecular formula is C23H35IN4O3. The lowest BCUT2D eigenvalue weighted by Crippen LogP contribution is -2.36. The highest BCUT2D eigenvalue weighted by Gasteiger charge is 2.13. The maximum atomic E-state index is 5.43. The van der Waals surface area contributed by atoms with Crippen LogP contribution in [0.25, 0.3) is 0 Å². The van der Waals surface area contributed by atoms with Crippen molar-refractivity contribution in [2.24, 2.45) is 4.99 Å². The molecule has 31 heavy (non-hydrogen) atoms. The van der Waals surface area contributed by atoms with Gasteiger partial charge in [0.15, 0.2) is 17.5 Å². The first-order chi connectivity index (χ1) is 14.5. The van der Waals surface area contributed by atoms with Gasteiger partial charge in [0.1, 0.15) is 0 Å². The smallest absolute Gasteiger partial charge is 0.203 e. The molecule has 0 heterocycles. The van der Waals surface area contributed by atoms with Crippen molar-refractivity contribution in [3.8, 4) is 17.2 Å². The maximum absolute atomic E-state index is 5.43. The average molecular weight is 542 g/mol. The molecule has 8 heteroatoms. The molecular weight excluding hydrogens is 507 g/mol. The Balaban J connectivity index is 0.00000480. The summed E-state index contributed by atoms with van der Waals surface area (Å²) >= 11 is 0. The number of methoxy groups -OCH3 is 3. The van der Waals surface area contributed by atoms with Gasteiger partial charge in [0.25, 0.3) is 0 Å². The van der Waals surface area contributed by atoms with Crippen molar-refractivity contribution in [2.75, 3.05) is 42.0 Å². The van der Waals surface area contributed by atoms with E-state index in [1.807, 2.05) is 19.1 Å². The highest BCUT2D eigenvalue weighted by molar-refractivity contribution is 14.0. The minimum absolute atomic E-state index is 0. The van der Waals surface area contributed by atoms with E-state index in [4.69, 9.17) is 19.2 Å². The van der Waals surface area contributed by atoms with Gasteiger partial charge >= 0.3 is 0 Å². The number of hydrogen-bond acceptors (Lipinski definition) is 5. The second-order valence-corrected chi connectivity index (χ2v) is 7.14. The molecule has 2 rings (SSSR count). The van der Waals surface area contributed by atoms with Gasteiger partial charge in [-0.2, -0.15) is 0 Å². The minimum atomic E-state index is 0. The normalized spacial score (nSPS) is 11.0. The second-order valence-electron chi connectivity index (χ2n) is 7.14. The molecule has 0 atom stereocenters. The predicted octanol–water partition coefficient (Wildman–Crippen LogP) is 3.65. The Morgan fingerprint density at radius 1 is 0.903 bits per heavy atom. The van der Waals surface area contributed by atoms with E-state index in [1.165, 1.54) is 11.1 Å². The molecule has 0 amide bonds. The molecule has 0 fully saturated rings. The average Bonchev–Trinajstić information content (AvgIpc) is 2.74. The molecule has 0 spiro atoms. The second kappa shape index (κ2) is 14.0. The summed E-state index contributed by atoms with van der Waals surface area (Å²) in [5, 5.41) is 6.70. The van der Waals surface area contributed by atoms with Gasteiger partial charge in [-0.15, -0.1) is 24.0 Å². The highest BCUT2D eigenvalue weighted by atomic mass is 127. The number of hydrogen-bond donors (Lipinski definition) is 2. The number of rotatable bonds is 10. The van der Waals surface area contributed by atoms with Gasteiger partial charge in [-0.25, -0.2) is 4.99 Å². The van der Waals surface area contributed by atoms with Gasteiger partial charge in [0.05, 0.1) is 27.9 Å². The van der Waals surface area contributed by atoms with E-state index in [9.17, 15) is 0 Å². The zero-order chi connectivity index (χ0) is 21.9. The van der Waals surface area contributed by atoms with Gasteiger partial charge < -0.3 is 29.7 Å². The largest absolute Gasteiger partial charge is 0.493 e. The minimum Gasteiger partial charge on any atom is -0.493 e. The predicted molar refractivity (Wildman–Crippen MR) is 137 cm³/mol.